The summed E-state index contributed by atoms with van der Waals surface area (Å²) in [6, 6.07) is 12.0. The number of nitrogens with one attached hydrogen (secondary N) is 1. The molecule has 166 valence electrons. The predicted octanol–water partition coefficient (Wildman–Crippen LogP) is 5.33. The number of carbonyl (C=O) groups is 1. The Labute approximate surface area is 184 Å². The molecule has 31 heavy (non-hydrogen) atoms. The lowest BCUT2D eigenvalue weighted by Gasteiger charge is -2.35. The Morgan fingerprint density at radius 3 is 2.74 bits per heavy atom. The zero-order chi connectivity index (χ0) is 22.4. The summed E-state index contributed by atoms with van der Waals surface area (Å²) >= 11 is 0. The molecule has 0 aliphatic heterocycles. The van der Waals surface area contributed by atoms with Crippen LogP contribution in [0.5, 0.6) is 5.88 Å². The summed E-state index contributed by atoms with van der Waals surface area (Å²) in [7, 11) is 0. The van der Waals surface area contributed by atoms with Gasteiger partial charge >= 0.3 is 6.09 Å². The molecule has 3 rings (SSSR count). The van der Waals surface area contributed by atoms with Crippen LogP contribution in [-0.2, 0) is 17.9 Å². The van der Waals surface area contributed by atoms with Gasteiger partial charge in [0.25, 0.3) is 0 Å². The summed E-state index contributed by atoms with van der Waals surface area (Å²) in [5, 5.41) is 7.29. The molecule has 0 radical (unpaired) electrons. The van der Waals surface area contributed by atoms with Crippen molar-refractivity contribution in [2.45, 2.75) is 72.3 Å². The van der Waals surface area contributed by atoms with Crippen LogP contribution in [0.1, 0.15) is 51.8 Å². The summed E-state index contributed by atoms with van der Waals surface area (Å²) in [6.45, 7) is 11.2. The molecule has 1 aromatic carbocycles. The number of hydrogen-bond acceptors (Lipinski definition) is 4. The molecule has 1 aliphatic rings. The number of benzene rings is 1. The minimum atomic E-state index is -0.481. The molecule has 1 heterocycles. The Balaban J connectivity index is 1.72. The Morgan fingerprint density at radius 1 is 1.29 bits per heavy atom. The molecule has 0 fully saturated rings. The average molecular weight is 424 g/mol. The maximum absolute atomic E-state index is 12.0. The lowest BCUT2D eigenvalue weighted by Crippen LogP contribution is -2.35. The second-order valence-corrected chi connectivity index (χ2v) is 8.45. The van der Waals surface area contributed by atoms with E-state index in [1.165, 1.54) is 5.57 Å². The van der Waals surface area contributed by atoms with Crippen LogP contribution >= 0.6 is 0 Å². The first kappa shape index (κ1) is 22.8. The van der Waals surface area contributed by atoms with Crippen molar-refractivity contribution in [2.75, 3.05) is 0 Å². The van der Waals surface area contributed by atoms with Crippen molar-refractivity contribution in [1.29, 1.82) is 0 Å². The van der Waals surface area contributed by atoms with Crippen LogP contribution in [0.25, 0.3) is 0 Å². The van der Waals surface area contributed by atoms with Crippen molar-refractivity contribution < 1.29 is 14.3 Å². The maximum Gasteiger partial charge on any atom is 0.414 e. The number of aryl methyl sites for hydroxylation is 1. The lowest BCUT2D eigenvalue weighted by molar-refractivity contribution is -0.0177. The molecule has 2 atom stereocenters. The maximum atomic E-state index is 12.0. The third-order valence-corrected chi connectivity index (χ3v) is 5.75. The van der Waals surface area contributed by atoms with Gasteiger partial charge in [0, 0.05) is 17.8 Å². The van der Waals surface area contributed by atoms with Crippen LogP contribution < -0.4 is 10.1 Å². The number of amides is 1. The zero-order valence-corrected chi connectivity index (χ0v) is 19.1. The predicted molar refractivity (Wildman–Crippen MR) is 122 cm³/mol. The number of rotatable bonds is 8. The minimum absolute atomic E-state index is 0.0558. The topological polar surface area (TPSA) is 65.4 Å². The molecule has 0 saturated heterocycles. The van der Waals surface area contributed by atoms with Crippen LogP contribution in [0.15, 0.2) is 59.7 Å². The lowest BCUT2D eigenvalue weighted by atomic mass is 9.85. The molecule has 1 amide bonds. The van der Waals surface area contributed by atoms with E-state index in [1.807, 2.05) is 43.7 Å². The van der Waals surface area contributed by atoms with E-state index in [0.29, 0.717) is 19.0 Å². The third kappa shape index (κ3) is 6.07. The van der Waals surface area contributed by atoms with Crippen LogP contribution in [0.4, 0.5) is 4.79 Å². The molecule has 1 aliphatic carbocycles. The quantitative estimate of drug-likeness (QED) is 0.623. The van der Waals surface area contributed by atoms with Gasteiger partial charge < -0.3 is 14.8 Å². The monoisotopic (exact) mass is 423 g/mol. The molecular formula is C25H33N3O3. The molecule has 1 N–H and O–H groups in total. The van der Waals surface area contributed by atoms with Crippen molar-refractivity contribution >= 4 is 6.09 Å². The van der Waals surface area contributed by atoms with Gasteiger partial charge in [0.05, 0.1) is 18.8 Å². The average Bonchev–Trinajstić information content (AvgIpc) is 3.08. The summed E-state index contributed by atoms with van der Waals surface area (Å²) < 4.78 is 13.6. The fraction of sp³-hybridized carbons (Fsp3) is 0.440. The number of hydrogen-bond donors (Lipinski definition) is 1. The largest absolute Gasteiger partial charge is 0.414 e. The van der Waals surface area contributed by atoms with Crippen molar-refractivity contribution in [2.24, 2.45) is 0 Å². The minimum Gasteiger partial charge on any atom is -0.390 e. The third-order valence-electron chi connectivity index (χ3n) is 5.75. The first-order chi connectivity index (χ1) is 14.8. The van der Waals surface area contributed by atoms with Gasteiger partial charge in [-0.05, 0) is 51.7 Å². The zero-order valence-electron chi connectivity index (χ0n) is 19.1. The van der Waals surface area contributed by atoms with Gasteiger partial charge in [-0.25, -0.2) is 4.79 Å². The Hall–Kier alpha value is -2.86. The number of aromatic nitrogens is 2. The summed E-state index contributed by atoms with van der Waals surface area (Å²) in [5.41, 5.74) is 4.00. The standard InChI is InChI=1S/C25H33N3O3/c1-6-19(3)26-24(29)31-23-15-20(4)28(27-23)16-22-14-18(2)12-13-25(22,5)30-17-21-10-8-7-9-11-21/h7-12,14-15,19H,6,13,16-17H2,1-5H3,(H,26,29). The second kappa shape index (κ2) is 9.96. The van der Waals surface area contributed by atoms with E-state index < -0.39 is 11.7 Å². The molecule has 2 aromatic rings. The van der Waals surface area contributed by atoms with E-state index in [-0.39, 0.29) is 6.04 Å². The van der Waals surface area contributed by atoms with E-state index in [1.54, 1.807) is 6.07 Å². The van der Waals surface area contributed by atoms with Crippen LogP contribution in [0.2, 0.25) is 0 Å². The van der Waals surface area contributed by atoms with Gasteiger partial charge in [-0.15, -0.1) is 5.10 Å². The summed E-state index contributed by atoms with van der Waals surface area (Å²) in [6.07, 6.45) is 5.54. The number of allylic oxidation sites excluding steroid dienone is 2. The number of nitrogens with zero attached hydrogens (tertiary/aromatic N) is 2. The van der Waals surface area contributed by atoms with E-state index >= 15 is 0 Å². The molecule has 0 saturated carbocycles. The first-order valence-electron chi connectivity index (χ1n) is 10.9. The summed E-state index contributed by atoms with van der Waals surface area (Å²) in [4.78, 5) is 12.0. The number of carbonyl (C=O) groups excluding carboxylic acids is 1. The van der Waals surface area contributed by atoms with Crippen LogP contribution in [-0.4, -0.2) is 27.5 Å². The van der Waals surface area contributed by atoms with E-state index in [9.17, 15) is 4.79 Å². The van der Waals surface area contributed by atoms with E-state index in [2.05, 4.69) is 48.5 Å². The molecular weight excluding hydrogens is 390 g/mol. The highest BCUT2D eigenvalue weighted by Crippen LogP contribution is 2.34. The van der Waals surface area contributed by atoms with E-state index in [0.717, 1.165) is 29.7 Å². The van der Waals surface area contributed by atoms with Gasteiger partial charge in [0.15, 0.2) is 0 Å². The second-order valence-electron chi connectivity index (χ2n) is 8.45. The molecule has 2 unspecified atom stereocenters. The summed E-state index contributed by atoms with van der Waals surface area (Å²) in [5.74, 6) is 0.300. The van der Waals surface area contributed by atoms with Crippen molar-refractivity contribution in [1.82, 2.24) is 15.1 Å². The number of ether oxygens (including phenoxy) is 2. The van der Waals surface area contributed by atoms with Gasteiger partial charge in [0.1, 0.15) is 0 Å². The molecule has 1 aromatic heterocycles. The van der Waals surface area contributed by atoms with E-state index in [4.69, 9.17) is 9.47 Å². The smallest absolute Gasteiger partial charge is 0.390 e. The molecule has 6 nitrogen and oxygen atoms in total. The van der Waals surface area contributed by atoms with Crippen molar-refractivity contribution in [3.63, 3.8) is 0 Å². The Bertz CT molecular complexity index is 962. The fourth-order valence-corrected chi connectivity index (χ4v) is 3.43. The highest BCUT2D eigenvalue weighted by molar-refractivity contribution is 5.70. The van der Waals surface area contributed by atoms with Gasteiger partial charge in [-0.2, -0.15) is 0 Å². The normalized spacial score (nSPS) is 19.4. The highest BCUT2D eigenvalue weighted by atomic mass is 16.6. The first-order valence-corrected chi connectivity index (χ1v) is 10.9. The van der Waals surface area contributed by atoms with Crippen molar-refractivity contribution in [3.8, 4) is 5.88 Å². The molecule has 6 heteroatoms. The molecule has 0 bridgehead atoms. The SMILES string of the molecule is CCC(C)NC(=O)Oc1cc(C)n(CC2=CC(C)=CCC2(C)OCc2ccccc2)n1. The van der Waals surface area contributed by atoms with Crippen molar-refractivity contribution in [3.05, 3.63) is 71.0 Å². The Morgan fingerprint density at radius 2 is 2.03 bits per heavy atom. The van der Waals surface area contributed by atoms with Crippen LogP contribution in [0.3, 0.4) is 0 Å². The molecule has 0 spiro atoms. The van der Waals surface area contributed by atoms with Crippen LogP contribution in [0, 0.1) is 6.92 Å². The highest BCUT2D eigenvalue weighted by Gasteiger charge is 2.32. The van der Waals surface area contributed by atoms with Gasteiger partial charge in [-0.3, -0.25) is 4.68 Å². The Kier molecular flexibility index (Phi) is 7.33. The van der Waals surface area contributed by atoms with Gasteiger partial charge in [-0.1, -0.05) is 55.0 Å². The van der Waals surface area contributed by atoms with Gasteiger partial charge in [0.2, 0.25) is 5.88 Å². The fourth-order valence-electron chi connectivity index (χ4n) is 3.43.